The number of carbonyl (C=O) groups excluding carboxylic acids is 1. The first kappa shape index (κ1) is 17.6. The number of carbonyl (C=O) groups is 1. The summed E-state index contributed by atoms with van der Waals surface area (Å²) in [6, 6.07) is 10.8. The van der Waals surface area contributed by atoms with Crippen molar-refractivity contribution in [3.8, 4) is 11.3 Å². The molecule has 0 unspecified atom stereocenters. The van der Waals surface area contributed by atoms with E-state index >= 15 is 0 Å². The highest BCUT2D eigenvalue weighted by Crippen LogP contribution is 2.40. The molecule has 0 bridgehead atoms. The van der Waals surface area contributed by atoms with Gasteiger partial charge in [0.25, 0.3) is 5.56 Å². The third-order valence-corrected chi connectivity index (χ3v) is 5.41. The van der Waals surface area contributed by atoms with Gasteiger partial charge >= 0.3 is 0 Å². The van der Waals surface area contributed by atoms with E-state index in [-0.39, 0.29) is 11.6 Å². The Balaban J connectivity index is 1.86. The monoisotopic (exact) mass is 338 g/mol. The van der Waals surface area contributed by atoms with Gasteiger partial charge in [-0.25, -0.2) is 4.68 Å². The predicted octanol–water partition coefficient (Wildman–Crippen LogP) is 4.50. The van der Waals surface area contributed by atoms with Crippen molar-refractivity contribution in [2.24, 2.45) is 11.3 Å². The smallest absolute Gasteiger partial charge is 0.267 e. The third-order valence-electron chi connectivity index (χ3n) is 5.41. The standard InChI is InChI=1S/C21H26N2O2/c1-21(2,3)17-7-9-18(10-8-17)23-20(25)12-11-19(22-23)16-6-4-5-15(13-16)14-24/h4-6,11-14,17-18H,7-10H2,1-3H3/t17-,18-. The lowest BCUT2D eigenvalue weighted by Crippen LogP contribution is -2.32. The molecule has 25 heavy (non-hydrogen) atoms. The van der Waals surface area contributed by atoms with E-state index in [1.54, 1.807) is 28.9 Å². The maximum Gasteiger partial charge on any atom is 0.267 e. The van der Waals surface area contributed by atoms with Crippen molar-refractivity contribution in [1.82, 2.24) is 9.78 Å². The van der Waals surface area contributed by atoms with Gasteiger partial charge in [0.1, 0.15) is 6.29 Å². The van der Waals surface area contributed by atoms with Gasteiger partial charge in [0.05, 0.1) is 11.7 Å². The van der Waals surface area contributed by atoms with Crippen LogP contribution in [-0.2, 0) is 0 Å². The van der Waals surface area contributed by atoms with Gasteiger partial charge in [-0.1, -0.05) is 39.0 Å². The Bertz CT molecular complexity index is 809. The molecular formula is C21H26N2O2. The van der Waals surface area contributed by atoms with E-state index in [1.165, 1.54) is 0 Å². The molecule has 0 amide bonds. The second-order valence-corrected chi connectivity index (χ2v) is 8.12. The number of hydrogen-bond acceptors (Lipinski definition) is 3. The van der Waals surface area contributed by atoms with Crippen LogP contribution in [0.1, 0.15) is 62.9 Å². The zero-order valence-electron chi connectivity index (χ0n) is 15.2. The molecule has 0 atom stereocenters. The fourth-order valence-electron chi connectivity index (χ4n) is 3.80. The predicted molar refractivity (Wildman–Crippen MR) is 99.8 cm³/mol. The fourth-order valence-corrected chi connectivity index (χ4v) is 3.80. The summed E-state index contributed by atoms with van der Waals surface area (Å²) in [5.74, 6) is 0.701. The summed E-state index contributed by atoms with van der Waals surface area (Å²) in [5.41, 5.74) is 2.49. The van der Waals surface area contributed by atoms with Gasteiger partial charge in [0.15, 0.2) is 0 Å². The Hall–Kier alpha value is -2.23. The van der Waals surface area contributed by atoms with Crippen LogP contribution in [0.5, 0.6) is 0 Å². The highest BCUT2D eigenvalue weighted by molar-refractivity contribution is 5.78. The lowest BCUT2D eigenvalue weighted by Gasteiger charge is -2.37. The summed E-state index contributed by atoms with van der Waals surface area (Å²) in [4.78, 5) is 23.3. The molecule has 1 fully saturated rings. The summed E-state index contributed by atoms with van der Waals surface area (Å²) in [7, 11) is 0. The number of aromatic nitrogens is 2. The Kier molecular flexibility index (Phi) is 4.89. The molecule has 1 aromatic heterocycles. The van der Waals surface area contributed by atoms with Crippen LogP contribution < -0.4 is 5.56 Å². The van der Waals surface area contributed by atoms with Crippen molar-refractivity contribution in [3.05, 3.63) is 52.3 Å². The molecule has 1 aromatic carbocycles. The molecule has 0 saturated heterocycles. The highest BCUT2D eigenvalue weighted by Gasteiger charge is 2.31. The van der Waals surface area contributed by atoms with Crippen LogP contribution in [0, 0.1) is 11.3 Å². The van der Waals surface area contributed by atoms with Crippen LogP contribution in [0.25, 0.3) is 11.3 Å². The van der Waals surface area contributed by atoms with E-state index in [1.807, 2.05) is 12.1 Å². The molecule has 0 N–H and O–H groups in total. The van der Waals surface area contributed by atoms with Gasteiger partial charge in [0.2, 0.25) is 0 Å². The van der Waals surface area contributed by atoms with E-state index in [9.17, 15) is 9.59 Å². The van der Waals surface area contributed by atoms with Crippen LogP contribution in [0.2, 0.25) is 0 Å². The summed E-state index contributed by atoms with van der Waals surface area (Å²) < 4.78 is 1.65. The maximum atomic E-state index is 12.3. The summed E-state index contributed by atoms with van der Waals surface area (Å²) >= 11 is 0. The second-order valence-electron chi connectivity index (χ2n) is 8.12. The lowest BCUT2D eigenvalue weighted by atomic mass is 9.71. The van der Waals surface area contributed by atoms with Crippen LogP contribution in [0.3, 0.4) is 0 Å². The minimum absolute atomic E-state index is 0.0468. The first-order valence-corrected chi connectivity index (χ1v) is 9.04. The Morgan fingerprint density at radius 2 is 1.80 bits per heavy atom. The quantitative estimate of drug-likeness (QED) is 0.774. The number of hydrogen-bond donors (Lipinski definition) is 0. The minimum Gasteiger partial charge on any atom is -0.298 e. The zero-order valence-corrected chi connectivity index (χ0v) is 15.2. The van der Waals surface area contributed by atoms with Crippen molar-refractivity contribution in [3.63, 3.8) is 0 Å². The molecule has 0 aliphatic heterocycles. The highest BCUT2D eigenvalue weighted by atomic mass is 16.1. The Morgan fingerprint density at radius 3 is 2.44 bits per heavy atom. The molecule has 2 aromatic rings. The summed E-state index contributed by atoms with van der Waals surface area (Å²) in [5, 5.41) is 4.62. The Morgan fingerprint density at radius 1 is 1.08 bits per heavy atom. The van der Waals surface area contributed by atoms with Gasteiger partial charge in [-0.15, -0.1) is 0 Å². The SMILES string of the molecule is CC(C)(C)[C@H]1CC[C@H](n2nc(-c3cccc(C=O)c3)ccc2=O)CC1. The fraction of sp³-hybridized carbons (Fsp3) is 0.476. The maximum absolute atomic E-state index is 12.3. The normalized spacial score (nSPS) is 21.1. The number of rotatable bonds is 3. The molecule has 0 spiro atoms. The lowest BCUT2D eigenvalue weighted by molar-refractivity contribution is 0.112. The molecule has 3 rings (SSSR count). The molecule has 0 radical (unpaired) electrons. The molecule has 1 aliphatic carbocycles. The minimum atomic E-state index is -0.0468. The zero-order chi connectivity index (χ0) is 18.0. The van der Waals surface area contributed by atoms with Crippen molar-refractivity contribution < 1.29 is 4.79 Å². The van der Waals surface area contributed by atoms with Crippen LogP contribution >= 0.6 is 0 Å². The van der Waals surface area contributed by atoms with Crippen LogP contribution in [-0.4, -0.2) is 16.1 Å². The molecular weight excluding hydrogens is 312 g/mol. The number of benzene rings is 1. The van der Waals surface area contributed by atoms with Gasteiger partial charge in [-0.05, 0) is 49.1 Å². The molecule has 4 nitrogen and oxygen atoms in total. The van der Waals surface area contributed by atoms with Gasteiger partial charge in [-0.3, -0.25) is 9.59 Å². The van der Waals surface area contributed by atoms with Crippen molar-refractivity contribution >= 4 is 6.29 Å². The van der Waals surface area contributed by atoms with Gasteiger partial charge in [-0.2, -0.15) is 5.10 Å². The average molecular weight is 338 g/mol. The van der Waals surface area contributed by atoms with Crippen LogP contribution in [0.15, 0.2) is 41.2 Å². The Labute approximate surface area is 148 Å². The number of nitrogens with zero attached hydrogens (tertiary/aromatic N) is 2. The first-order valence-electron chi connectivity index (χ1n) is 9.04. The third kappa shape index (κ3) is 3.89. The topological polar surface area (TPSA) is 52.0 Å². The van der Waals surface area contributed by atoms with E-state index in [0.29, 0.717) is 16.9 Å². The molecule has 1 aliphatic rings. The van der Waals surface area contributed by atoms with Crippen molar-refractivity contribution in [2.75, 3.05) is 0 Å². The molecule has 1 saturated carbocycles. The van der Waals surface area contributed by atoms with E-state index in [2.05, 4.69) is 25.9 Å². The van der Waals surface area contributed by atoms with Crippen LogP contribution in [0.4, 0.5) is 0 Å². The molecule has 4 heteroatoms. The van der Waals surface area contributed by atoms with Gasteiger partial charge < -0.3 is 0 Å². The average Bonchev–Trinajstić information content (AvgIpc) is 2.61. The molecule has 132 valence electrons. The molecule has 1 heterocycles. The summed E-state index contributed by atoms with van der Waals surface area (Å²) in [6.45, 7) is 6.88. The van der Waals surface area contributed by atoms with E-state index < -0.39 is 0 Å². The number of aldehydes is 1. The van der Waals surface area contributed by atoms with Crippen molar-refractivity contribution in [1.29, 1.82) is 0 Å². The van der Waals surface area contributed by atoms with E-state index in [0.717, 1.165) is 43.2 Å². The largest absolute Gasteiger partial charge is 0.298 e. The first-order chi connectivity index (χ1) is 11.9. The van der Waals surface area contributed by atoms with Crippen molar-refractivity contribution in [2.45, 2.75) is 52.5 Å². The second kappa shape index (κ2) is 6.95. The van der Waals surface area contributed by atoms with Gasteiger partial charge in [0, 0.05) is 17.2 Å². The summed E-state index contributed by atoms with van der Waals surface area (Å²) in [6.07, 6.45) is 5.08. The van der Waals surface area contributed by atoms with E-state index in [4.69, 9.17) is 0 Å².